The van der Waals surface area contributed by atoms with E-state index in [0.29, 0.717) is 16.2 Å². The van der Waals surface area contributed by atoms with Gasteiger partial charge in [0.15, 0.2) is 16.4 Å². The Hall–Kier alpha value is -2.40. The highest BCUT2D eigenvalue weighted by Gasteiger charge is 2.43. The Bertz CT molecular complexity index is 1090. The van der Waals surface area contributed by atoms with Crippen molar-refractivity contribution in [2.45, 2.75) is 54.2 Å². The third-order valence-electron chi connectivity index (χ3n) is 6.53. The minimum atomic E-state index is -4.54. The Morgan fingerprint density at radius 2 is 2.00 bits per heavy atom. The first-order valence-corrected chi connectivity index (χ1v) is 11.1. The van der Waals surface area contributed by atoms with Crippen molar-refractivity contribution in [3.63, 3.8) is 0 Å². The standard InChI is InChI=1S/C20H22F3N7S/c21-20(22,23)16-12(3-2-8-25-16)31-18-15-17(28-29-18)27-14(11-26-15)30-9-6-19(7-10-30)5-1-4-13(19)24/h2-3,8,11,13H,1,4-7,9-10,24H2,(H,27,28,29)/t13-/m1/s1. The number of piperidine rings is 1. The number of hydrogen-bond acceptors (Lipinski definition) is 7. The van der Waals surface area contributed by atoms with Gasteiger partial charge >= 0.3 is 6.18 Å². The maximum atomic E-state index is 13.2. The smallest absolute Gasteiger partial charge is 0.355 e. The van der Waals surface area contributed by atoms with Crippen LogP contribution in [0.4, 0.5) is 19.0 Å². The molecule has 0 unspecified atom stereocenters. The molecule has 7 nitrogen and oxygen atoms in total. The molecule has 0 amide bonds. The summed E-state index contributed by atoms with van der Waals surface area (Å²) in [6.07, 6.45) is 3.84. The summed E-state index contributed by atoms with van der Waals surface area (Å²) in [5.41, 5.74) is 6.58. The Labute approximate surface area is 181 Å². The van der Waals surface area contributed by atoms with Crippen LogP contribution in [0.25, 0.3) is 11.2 Å². The van der Waals surface area contributed by atoms with Crippen LogP contribution in [0.5, 0.6) is 0 Å². The van der Waals surface area contributed by atoms with Crippen LogP contribution in [0.1, 0.15) is 37.8 Å². The molecule has 164 valence electrons. The lowest BCUT2D eigenvalue weighted by Gasteiger charge is -2.42. The van der Waals surface area contributed by atoms with Gasteiger partial charge in [-0.2, -0.15) is 18.3 Å². The normalized spacial score (nSPS) is 21.3. The van der Waals surface area contributed by atoms with E-state index < -0.39 is 11.9 Å². The zero-order valence-corrected chi connectivity index (χ0v) is 17.5. The molecule has 0 bridgehead atoms. The second-order valence-corrected chi connectivity index (χ2v) is 9.28. The van der Waals surface area contributed by atoms with Crippen LogP contribution < -0.4 is 10.6 Å². The lowest BCUT2D eigenvalue weighted by molar-refractivity contribution is -0.143. The molecule has 0 aromatic carbocycles. The summed E-state index contributed by atoms with van der Waals surface area (Å²) < 4.78 is 39.7. The second kappa shape index (κ2) is 7.63. The van der Waals surface area contributed by atoms with Gasteiger partial charge in [-0.3, -0.25) is 10.1 Å². The second-order valence-electron chi connectivity index (χ2n) is 8.25. The molecule has 1 spiro atoms. The summed E-state index contributed by atoms with van der Waals surface area (Å²) >= 11 is 0.877. The van der Waals surface area contributed by atoms with Crippen molar-refractivity contribution in [2.24, 2.45) is 11.1 Å². The van der Waals surface area contributed by atoms with Gasteiger partial charge in [-0.25, -0.2) is 9.97 Å². The Balaban J connectivity index is 1.36. The molecule has 2 aliphatic rings. The number of nitrogens with one attached hydrogen (secondary N) is 1. The molecule has 3 N–H and O–H groups in total. The predicted octanol–water partition coefficient (Wildman–Crippen LogP) is 4.02. The van der Waals surface area contributed by atoms with Gasteiger partial charge in [0.2, 0.25) is 0 Å². The first kappa shape index (κ1) is 20.5. The van der Waals surface area contributed by atoms with Crippen LogP contribution in [-0.4, -0.2) is 44.3 Å². The van der Waals surface area contributed by atoms with Crippen LogP contribution in [-0.2, 0) is 6.18 Å². The Kier molecular flexibility index (Phi) is 5.04. The summed E-state index contributed by atoms with van der Waals surface area (Å²) in [6, 6.07) is 3.12. The Morgan fingerprint density at radius 1 is 1.19 bits per heavy atom. The molecule has 1 saturated heterocycles. The van der Waals surface area contributed by atoms with E-state index in [4.69, 9.17) is 5.73 Å². The lowest BCUT2D eigenvalue weighted by atomic mass is 9.74. The van der Waals surface area contributed by atoms with Crippen molar-refractivity contribution >= 4 is 28.7 Å². The third kappa shape index (κ3) is 3.73. The number of nitrogens with two attached hydrogens (primary N) is 1. The minimum Gasteiger partial charge on any atom is -0.355 e. The van der Waals surface area contributed by atoms with E-state index >= 15 is 0 Å². The van der Waals surface area contributed by atoms with E-state index in [9.17, 15) is 13.2 Å². The van der Waals surface area contributed by atoms with Crippen LogP contribution in [0, 0.1) is 5.41 Å². The number of alkyl halides is 3. The Morgan fingerprint density at radius 3 is 2.71 bits per heavy atom. The number of fused-ring (bicyclic) bond motifs is 1. The van der Waals surface area contributed by atoms with Gasteiger partial charge in [-0.05, 0) is 43.2 Å². The first-order chi connectivity index (χ1) is 14.9. The maximum absolute atomic E-state index is 13.2. The molecule has 5 rings (SSSR count). The van der Waals surface area contributed by atoms with E-state index in [1.807, 2.05) is 0 Å². The van der Waals surface area contributed by atoms with Crippen molar-refractivity contribution in [2.75, 3.05) is 18.0 Å². The summed E-state index contributed by atoms with van der Waals surface area (Å²) in [7, 11) is 0. The van der Waals surface area contributed by atoms with Crippen LogP contribution in [0.2, 0.25) is 0 Å². The van der Waals surface area contributed by atoms with Crippen molar-refractivity contribution in [1.82, 2.24) is 25.1 Å². The summed E-state index contributed by atoms with van der Waals surface area (Å²) in [5.74, 6) is 0.742. The molecule has 1 aliphatic heterocycles. The highest BCUT2D eigenvalue weighted by molar-refractivity contribution is 7.99. The number of rotatable bonds is 3. The van der Waals surface area contributed by atoms with E-state index in [1.165, 1.54) is 25.0 Å². The quantitative estimate of drug-likeness (QED) is 0.623. The molecular formula is C20H22F3N7S. The minimum absolute atomic E-state index is 0.0245. The zero-order valence-electron chi connectivity index (χ0n) is 16.7. The lowest BCUT2D eigenvalue weighted by Crippen LogP contribution is -2.47. The highest BCUT2D eigenvalue weighted by atomic mass is 32.2. The molecule has 4 heterocycles. The SMILES string of the molecule is N[C@@H]1CCCC12CCN(c1cnc3c(Sc4cccnc4C(F)(F)F)n[nH]c3n1)CC2. The highest BCUT2D eigenvalue weighted by Crippen LogP contribution is 2.46. The van der Waals surface area contributed by atoms with Gasteiger partial charge in [0.05, 0.1) is 6.20 Å². The molecule has 11 heteroatoms. The summed E-state index contributed by atoms with van der Waals surface area (Å²) in [5, 5.41) is 7.29. The third-order valence-corrected chi connectivity index (χ3v) is 7.56. The van der Waals surface area contributed by atoms with E-state index in [-0.39, 0.29) is 16.4 Å². The summed E-state index contributed by atoms with van der Waals surface area (Å²) in [6.45, 7) is 1.74. The molecule has 1 aliphatic carbocycles. The van der Waals surface area contributed by atoms with Gasteiger partial charge in [-0.1, -0.05) is 18.2 Å². The van der Waals surface area contributed by atoms with Gasteiger partial charge in [0.1, 0.15) is 11.3 Å². The van der Waals surface area contributed by atoms with Crippen molar-refractivity contribution < 1.29 is 13.2 Å². The molecule has 3 aromatic heterocycles. The number of H-pyrrole nitrogens is 1. The van der Waals surface area contributed by atoms with E-state index in [2.05, 4.69) is 30.0 Å². The maximum Gasteiger partial charge on any atom is 0.434 e. The van der Waals surface area contributed by atoms with Gasteiger partial charge < -0.3 is 10.6 Å². The van der Waals surface area contributed by atoms with Gasteiger partial charge in [-0.15, -0.1) is 0 Å². The van der Waals surface area contributed by atoms with Crippen LogP contribution in [0.3, 0.4) is 0 Å². The molecular weight excluding hydrogens is 427 g/mol. The molecule has 31 heavy (non-hydrogen) atoms. The average Bonchev–Trinajstić information content (AvgIpc) is 3.31. The molecule has 2 fully saturated rings. The number of nitrogens with zero attached hydrogens (tertiary/aromatic N) is 5. The fourth-order valence-corrected chi connectivity index (χ4v) is 5.71. The van der Waals surface area contributed by atoms with Crippen LogP contribution >= 0.6 is 11.8 Å². The number of hydrogen-bond donors (Lipinski definition) is 2. The fourth-order valence-electron chi connectivity index (χ4n) is 4.75. The monoisotopic (exact) mass is 449 g/mol. The molecule has 3 aromatic rings. The average molecular weight is 450 g/mol. The largest absolute Gasteiger partial charge is 0.434 e. The van der Waals surface area contributed by atoms with E-state index in [1.54, 1.807) is 6.20 Å². The number of halogens is 3. The first-order valence-electron chi connectivity index (χ1n) is 10.3. The van der Waals surface area contributed by atoms with E-state index in [0.717, 1.165) is 56.1 Å². The predicted molar refractivity (Wildman–Crippen MR) is 111 cm³/mol. The van der Waals surface area contributed by atoms with Gasteiger partial charge in [0, 0.05) is 30.2 Å². The van der Waals surface area contributed by atoms with Crippen LogP contribution in [0.15, 0.2) is 34.4 Å². The zero-order chi connectivity index (χ0) is 21.6. The number of pyridine rings is 1. The van der Waals surface area contributed by atoms with Crippen molar-refractivity contribution in [1.29, 1.82) is 0 Å². The van der Waals surface area contributed by atoms with Crippen molar-refractivity contribution in [3.05, 3.63) is 30.2 Å². The molecule has 0 radical (unpaired) electrons. The topological polar surface area (TPSA) is 96.6 Å². The number of aromatic nitrogens is 5. The fraction of sp³-hybridized carbons (Fsp3) is 0.500. The van der Waals surface area contributed by atoms with Crippen molar-refractivity contribution in [3.8, 4) is 0 Å². The summed E-state index contributed by atoms with van der Waals surface area (Å²) in [4.78, 5) is 14.7. The number of aromatic amines is 1. The number of anilines is 1. The van der Waals surface area contributed by atoms with Gasteiger partial charge in [0.25, 0.3) is 0 Å². The molecule has 1 atom stereocenters. The molecule has 1 saturated carbocycles.